The molecule has 3 aliphatic rings. The van der Waals surface area contributed by atoms with Gasteiger partial charge in [-0.05, 0) is 169 Å². The number of rotatable bonds is 13. The van der Waals surface area contributed by atoms with Crippen molar-refractivity contribution in [1.29, 1.82) is 0 Å². The van der Waals surface area contributed by atoms with Gasteiger partial charge in [0.25, 0.3) is 25.6 Å². The van der Waals surface area contributed by atoms with E-state index in [9.17, 15) is 40.7 Å². The summed E-state index contributed by atoms with van der Waals surface area (Å²) in [4.78, 5) is 61.6. The Bertz CT molecular complexity index is 4790. The normalized spacial score (nSPS) is 14.0. The van der Waals surface area contributed by atoms with E-state index in [0.717, 1.165) is 122 Å². The molecule has 0 amide bonds. The molecular formula is C72H75Cl5F6N16O6S3. The monoisotopic (exact) mass is 1640 g/mol. The Kier molecular flexibility index (Phi) is 35.7. The van der Waals surface area contributed by atoms with E-state index >= 15 is 0 Å². The number of carbonyl (C=O) groups excluding carboxylic acids is 1. The van der Waals surface area contributed by atoms with Gasteiger partial charge in [0.05, 0.1) is 42.3 Å². The summed E-state index contributed by atoms with van der Waals surface area (Å²) in [6.45, 7) is 12.2. The van der Waals surface area contributed by atoms with E-state index in [1.165, 1.54) is 87.8 Å². The predicted molar refractivity (Wildman–Crippen MR) is 417 cm³/mol. The molecule has 574 valence electrons. The molecule has 0 spiro atoms. The number of aromatic nitrogens is 8. The van der Waals surface area contributed by atoms with Crippen molar-refractivity contribution in [1.82, 2.24) is 63.4 Å². The number of amidine groups is 2. The first-order valence-corrected chi connectivity index (χ1v) is 37.0. The van der Waals surface area contributed by atoms with Gasteiger partial charge in [0.1, 0.15) is 40.7 Å². The van der Waals surface area contributed by atoms with E-state index < -0.39 is 44.0 Å². The molecule has 2 saturated heterocycles. The number of halogens is 11. The van der Waals surface area contributed by atoms with E-state index in [1.807, 2.05) is 48.5 Å². The quantitative estimate of drug-likeness (QED) is 0.0236. The summed E-state index contributed by atoms with van der Waals surface area (Å²) in [5, 5.41) is 38.1. The molecule has 108 heavy (non-hydrogen) atoms. The second-order valence-electron chi connectivity index (χ2n) is 23.3. The first-order chi connectivity index (χ1) is 50.9. The van der Waals surface area contributed by atoms with Crippen molar-refractivity contribution in [3.8, 4) is 45.2 Å². The van der Waals surface area contributed by atoms with E-state index in [0.29, 0.717) is 43.9 Å². The fourth-order valence-electron chi connectivity index (χ4n) is 9.95. The molecule has 13 rings (SSSR count). The van der Waals surface area contributed by atoms with E-state index in [2.05, 4.69) is 63.5 Å². The van der Waals surface area contributed by atoms with Crippen LogP contribution >= 0.6 is 91.5 Å². The third-order valence-electron chi connectivity index (χ3n) is 14.9. The number of hydrogen-bond acceptors (Lipinski definition) is 20. The number of nitrogens with two attached hydrogens (primary N) is 2. The Morgan fingerprint density at radius 3 is 1.34 bits per heavy atom. The first kappa shape index (κ1) is 88.4. The number of aliphatic hydroxyl groups excluding tert-OH is 1. The number of aliphatic imine (C=N–C) groups is 1. The minimum atomic E-state index is -1.36. The maximum atomic E-state index is 13.6. The highest BCUT2D eigenvalue weighted by molar-refractivity contribution is 8.25. The molecule has 2 fully saturated rings. The average Bonchev–Trinajstić information content (AvgIpc) is 1.21. The first-order valence-electron chi connectivity index (χ1n) is 32.2. The third kappa shape index (κ3) is 29.5. The van der Waals surface area contributed by atoms with Crippen molar-refractivity contribution in [3.05, 3.63) is 262 Å². The second-order valence-corrected chi connectivity index (χ2v) is 29.7. The Morgan fingerprint density at radius 2 is 0.981 bits per heavy atom. The summed E-state index contributed by atoms with van der Waals surface area (Å²) >= 11 is 23.8. The number of benzene rings is 6. The third-order valence-corrected chi connectivity index (χ3v) is 18.9. The summed E-state index contributed by atoms with van der Waals surface area (Å²) in [6, 6.07) is 39.9. The van der Waals surface area contributed by atoms with Crippen LogP contribution in [0.25, 0.3) is 45.2 Å². The molecule has 0 bridgehead atoms. The van der Waals surface area contributed by atoms with Crippen LogP contribution in [-0.2, 0) is 24.4 Å². The lowest BCUT2D eigenvalue weighted by Gasteiger charge is -2.33. The molecule has 0 saturated carbocycles. The zero-order valence-corrected chi connectivity index (χ0v) is 63.8. The van der Waals surface area contributed by atoms with Crippen LogP contribution in [0.2, 0.25) is 4.47 Å². The molecule has 6 aromatic carbocycles. The second kappa shape index (κ2) is 43.6. The zero-order chi connectivity index (χ0) is 77.9. The number of hydrogen-bond donors (Lipinski definition) is 5. The van der Waals surface area contributed by atoms with Gasteiger partial charge < -0.3 is 34.8 Å². The van der Waals surface area contributed by atoms with Crippen LogP contribution in [-0.4, -0.2) is 158 Å². The molecule has 1 atom stereocenters. The molecule has 36 heteroatoms. The Morgan fingerprint density at radius 1 is 0.611 bits per heavy atom. The summed E-state index contributed by atoms with van der Waals surface area (Å²) < 4.78 is 91.3. The van der Waals surface area contributed by atoms with E-state index in [4.69, 9.17) is 88.2 Å². The number of nitrogens with one attached hydrogen (secondary N) is 2. The molecular weight excluding hydrogens is 1570 g/mol. The van der Waals surface area contributed by atoms with Crippen LogP contribution in [0.5, 0.6) is 0 Å². The smallest absolute Gasteiger partial charge is 0.270 e. The highest BCUT2D eigenvalue weighted by atomic mass is 35.7. The van der Waals surface area contributed by atoms with Gasteiger partial charge in [-0.2, -0.15) is 19.7 Å². The van der Waals surface area contributed by atoms with E-state index in [-0.39, 0.29) is 78.4 Å². The standard InChI is InChI=1S/C24H24F2N6OS.C19H11ClF2N4OS.C18H14F2N4O.C5H12N2.C2H4O2.C2H6O.CCl4S.CH4/c1-30-7-9-31(10-8-30)24-27-23(29-34-24)17-4-2-3-16(11-17)15-32-22(33)6-5-21(28-32)18-12-19(25)14-20(26)13-18;20-19-23-18(25-28-19)12-3-1-2-11(6-12)10-26-17(27)5-4-16(24-26)13-7-14(21)9-15(22)8-13;19-14-7-13(8-15(20)9-14)16-4-5-17(25)24(23-16)10-11-2-1-3-12(6-11)18(21)22;1-7-4-2-6-3-5-7;1-2(3)4;1-2-3;2-1(3,4)6-5;/h2-6,11-14,24H,7-10,15H2,1H3,(H,27,29);1-9H,10H2;1-9H,10H2,(H3,21,22);6H,2-5H2,1H3;1H3,(H,3,4);3H,2H2,1H3;;1H4. The van der Waals surface area contributed by atoms with Gasteiger partial charge in [-0.3, -0.25) is 30.4 Å². The van der Waals surface area contributed by atoms with Crippen LogP contribution in [0.15, 0.2) is 183 Å². The zero-order valence-electron chi connectivity index (χ0n) is 57.5. The summed E-state index contributed by atoms with van der Waals surface area (Å²) in [6.07, 6.45) is 0. The van der Waals surface area contributed by atoms with Crippen molar-refractivity contribution in [3.63, 3.8) is 0 Å². The minimum Gasteiger partial charge on any atom is -0.550 e. The maximum Gasteiger partial charge on any atom is 0.270 e. The topological polar surface area (TPSA) is 289 Å². The lowest BCUT2D eigenvalue weighted by molar-refractivity contribution is -0.302. The Hall–Kier alpha value is -8.54. The number of carboxylic acids is 1. The van der Waals surface area contributed by atoms with Crippen molar-refractivity contribution >= 4 is 109 Å². The number of likely N-dealkylation sites (N-methyl/N-ethyl adjacent to an activating group) is 2. The number of carboxylic acid groups (broad SMARTS) is 1. The molecule has 1 unspecified atom stereocenters. The maximum absolute atomic E-state index is 13.6. The molecule has 0 radical (unpaired) electrons. The molecule has 22 nitrogen and oxygen atoms in total. The molecule has 10 aromatic rings. The molecule has 7 N–H and O–H groups in total. The number of aliphatic hydroxyl groups is 1. The van der Waals surface area contributed by atoms with Crippen LogP contribution in [0.3, 0.4) is 0 Å². The molecule has 7 heterocycles. The number of carbonyl (C=O) groups is 1. The summed E-state index contributed by atoms with van der Waals surface area (Å²) in [7, 11) is 9.93. The van der Waals surface area contributed by atoms with Crippen molar-refractivity contribution in [2.75, 3.05) is 73.1 Å². The van der Waals surface area contributed by atoms with Gasteiger partial charge in [0.2, 0.25) is 4.47 Å². The van der Waals surface area contributed by atoms with Gasteiger partial charge in [0, 0.05) is 140 Å². The summed E-state index contributed by atoms with van der Waals surface area (Å²) in [5.41, 5.74) is 11.1. The lowest BCUT2D eigenvalue weighted by Crippen LogP contribution is -2.47. The van der Waals surface area contributed by atoms with Gasteiger partial charge in [0.15, 0.2) is 11.3 Å². The molecule has 4 aromatic heterocycles. The fourth-order valence-corrected chi connectivity index (χ4v) is 11.5. The van der Waals surface area contributed by atoms with Crippen LogP contribution in [0.4, 0.5) is 26.3 Å². The van der Waals surface area contributed by atoms with Gasteiger partial charge in [-0.25, -0.2) is 50.4 Å². The largest absolute Gasteiger partial charge is 0.550 e. The number of aliphatic carboxylic acids is 1. The average molecular weight is 1650 g/mol. The van der Waals surface area contributed by atoms with Crippen molar-refractivity contribution < 1.29 is 46.8 Å². The van der Waals surface area contributed by atoms with Crippen LogP contribution in [0.1, 0.15) is 49.1 Å². The van der Waals surface area contributed by atoms with Gasteiger partial charge in [-0.15, -0.1) is 0 Å². The van der Waals surface area contributed by atoms with Crippen LogP contribution in [0, 0.1) is 34.9 Å². The van der Waals surface area contributed by atoms with Gasteiger partial charge in [-0.1, -0.05) is 90.8 Å². The van der Waals surface area contributed by atoms with Gasteiger partial charge >= 0.3 is 0 Å². The molecule has 3 aliphatic heterocycles. The van der Waals surface area contributed by atoms with Crippen LogP contribution < -0.4 is 43.0 Å². The number of nitrogens with zero attached hydrogens (tertiary/aromatic N) is 12. The SMILES string of the molecule is C.CC(=O)[O-].CCO.CN1CCN(C2N=C(c3cccc(Cn4nc(-c5cc(F)cc(F)c5)ccc4=O)c3)NS2)CC1.CN1CCNCC1.ClSC(Cl)(Cl)Cl.NC(=[NH2+])c1cccc(Cn2nc(-c3cc(F)cc(F)c3)ccc2=O)c1.O=c1ccc(-c2cc(F)cc(F)c2)nn1Cc1cccc(-c2nsc(Cl)n2)c1. The van der Waals surface area contributed by atoms with E-state index in [1.54, 1.807) is 43.1 Å². The Balaban J connectivity index is 0.000000225. The highest BCUT2D eigenvalue weighted by Crippen LogP contribution is 2.41. The lowest BCUT2D eigenvalue weighted by atomic mass is 10.1. The summed E-state index contributed by atoms with van der Waals surface area (Å²) in [5.74, 6) is -3.84. The minimum absolute atomic E-state index is 0. The highest BCUT2D eigenvalue weighted by Gasteiger charge is 2.28. The molecule has 0 aliphatic carbocycles. The predicted octanol–water partition coefficient (Wildman–Crippen LogP) is 9.99. The Labute approximate surface area is 655 Å². The number of alkyl halides is 3. The number of piperazine rings is 2. The van der Waals surface area contributed by atoms with Crippen molar-refractivity contribution in [2.24, 2.45) is 10.7 Å². The fraction of sp³-hybridized carbons (Fsp3) is 0.264. The van der Waals surface area contributed by atoms with Crippen molar-refractivity contribution in [2.45, 2.75) is 49.5 Å².